The minimum Gasteiger partial charge on any atom is -0.310 e. The van der Waals surface area contributed by atoms with Gasteiger partial charge in [-0.1, -0.05) is 0 Å². The molecule has 0 saturated heterocycles. The first-order valence-electron chi connectivity index (χ1n) is 3.50. The van der Waals surface area contributed by atoms with E-state index in [1.807, 2.05) is 4.98 Å². The van der Waals surface area contributed by atoms with E-state index in [4.69, 9.17) is 0 Å². The number of rotatable bonds is 1. The van der Waals surface area contributed by atoms with Gasteiger partial charge in [0.25, 0.3) is 5.56 Å². The van der Waals surface area contributed by atoms with Crippen molar-refractivity contribution in [2.75, 3.05) is 0 Å². The van der Waals surface area contributed by atoms with Crippen molar-refractivity contribution < 1.29 is 13.2 Å². The number of aromatic amines is 1. The molecular weight excluding hydrogens is 185 g/mol. The van der Waals surface area contributed by atoms with Gasteiger partial charge in [0.15, 0.2) is 0 Å². The lowest BCUT2D eigenvalue weighted by Gasteiger charge is -2.04. The van der Waals surface area contributed by atoms with Crippen LogP contribution >= 0.6 is 0 Å². The average molecular weight is 192 g/mol. The van der Waals surface area contributed by atoms with Crippen molar-refractivity contribution in [1.82, 2.24) is 9.97 Å². The number of aromatic nitrogens is 2. The van der Waals surface area contributed by atoms with Crippen LogP contribution in [0.4, 0.5) is 13.2 Å². The van der Waals surface area contributed by atoms with E-state index in [1.54, 1.807) is 0 Å². The monoisotopic (exact) mass is 192 g/mol. The number of hydrogen-bond donors (Lipinski definition) is 1. The lowest BCUT2D eigenvalue weighted by atomic mass is 10.3. The van der Waals surface area contributed by atoms with Crippen molar-refractivity contribution in [3.63, 3.8) is 0 Å². The van der Waals surface area contributed by atoms with E-state index in [-0.39, 0.29) is 11.5 Å². The Morgan fingerprint density at radius 2 is 2.15 bits per heavy atom. The zero-order chi connectivity index (χ0) is 10.1. The van der Waals surface area contributed by atoms with Crippen molar-refractivity contribution in [3.05, 3.63) is 27.9 Å². The van der Waals surface area contributed by atoms with Crippen molar-refractivity contribution >= 4 is 0 Å². The highest BCUT2D eigenvalue weighted by molar-refractivity contribution is 5.00. The molecule has 72 valence electrons. The summed E-state index contributed by atoms with van der Waals surface area (Å²) in [6.45, 7) is 1.47. The predicted molar refractivity (Wildman–Crippen MR) is 39.4 cm³/mol. The molecular formula is C7H7F3N2O. The van der Waals surface area contributed by atoms with Crippen LogP contribution in [-0.2, 0) is 6.42 Å². The van der Waals surface area contributed by atoms with E-state index in [2.05, 4.69) is 4.98 Å². The summed E-state index contributed by atoms with van der Waals surface area (Å²) in [6, 6.07) is 1.14. The number of H-pyrrole nitrogens is 1. The number of halogens is 3. The number of nitrogens with one attached hydrogen (secondary N) is 1. The summed E-state index contributed by atoms with van der Waals surface area (Å²) in [7, 11) is 0. The molecule has 0 aliphatic rings. The fourth-order valence-corrected chi connectivity index (χ4v) is 0.915. The normalized spacial score (nSPS) is 11.7. The molecule has 0 aromatic carbocycles. The van der Waals surface area contributed by atoms with Gasteiger partial charge in [-0.2, -0.15) is 13.2 Å². The third kappa shape index (κ3) is 3.27. The molecule has 0 atom stereocenters. The Morgan fingerprint density at radius 3 is 2.62 bits per heavy atom. The molecule has 6 heteroatoms. The number of hydrogen-bond acceptors (Lipinski definition) is 2. The molecule has 1 aromatic rings. The first kappa shape index (κ1) is 9.76. The maximum absolute atomic E-state index is 11.8. The number of aryl methyl sites for hydroxylation is 1. The molecule has 0 amide bonds. The van der Waals surface area contributed by atoms with Crippen LogP contribution in [0, 0.1) is 6.92 Å². The largest absolute Gasteiger partial charge is 0.396 e. The summed E-state index contributed by atoms with van der Waals surface area (Å²) in [5.41, 5.74) is -0.283. The second-order valence-corrected chi connectivity index (χ2v) is 2.63. The van der Waals surface area contributed by atoms with Crippen LogP contribution in [0.1, 0.15) is 11.5 Å². The summed E-state index contributed by atoms with van der Waals surface area (Å²) in [4.78, 5) is 16.3. The lowest BCUT2D eigenvalue weighted by molar-refractivity contribution is -0.128. The molecule has 0 bridgehead atoms. The van der Waals surface area contributed by atoms with Gasteiger partial charge in [0.05, 0.1) is 0 Å². The second kappa shape index (κ2) is 3.20. The van der Waals surface area contributed by atoms with Crippen molar-refractivity contribution in [2.45, 2.75) is 19.5 Å². The van der Waals surface area contributed by atoms with Crippen LogP contribution in [0.25, 0.3) is 0 Å². The summed E-state index contributed by atoms with van der Waals surface area (Å²) < 4.78 is 35.5. The zero-order valence-electron chi connectivity index (χ0n) is 6.77. The zero-order valence-corrected chi connectivity index (χ0v) is 6.77. The van der Waals surface area contributed by atoms with Gasteiger partial charge in [-0.25, -0.2) is 4.98 Å². The number of nitrogens with zero attached hydrogens (tertiary/aromatic N) is 1. The summed E-state index contributed by atoms with van der Waals surface area (Å²) >= 11 is 0. The maximum Gasteiger partial charge on any atom is 0.396 e. The maximum atomic E-state index is 11.8. The standard InChI is InChI=1S/C7H7F3N2O/c1-4-2-6(13)12-5(11-4)3-7(8,9)10/h2H,3H2,1H3,(H,11,12,13). The molecule has 1 heterocycles. The quantitative estimate of drug-likeness (QED) is 0.726. The van der Waals surface area contributed by atoms with Gasteiger partial charge in [0.2, 0.25) is 0 Å². The molecule has 1 N–H and O–H groups in total. The molecule has 1 aromatic heterocycles. The molecule has 3 nitrogen and oxygen atoms in total. The molecule has 0 radical (unpaired) electrons. The van der Waals surface area contributed by atoms with Gasteiger partial charge in [-0.05, 0) is 6.92 Å². The molecule has 0 saturated carbocycles. The third-order valence-electron chi connectivity index (χ3n) is 1.29. The summed E-state index contributed by atoms with van der Waals surface area (Å²) in [5.74, 6) is -0.350. The highest BCUT2D eigenvalue weighted by Gasteiger charge is 2.29. The first-order valence-corrected chi connectivity index (χ1v) is 3.50. The number of alkyl halides is 3. The Morgan fingerprint density at radius 1 is 1.54 bits per heavy atom. The Labute approximate surface area is 71.6 Å². The van der Waals surface area contributed by atoms with E-state index in [0.29, 0.717) is 0 Å². The average Bonchev–Trinajstić information content (AvgIpc) is 1.78. The van der Waals surface area contributed by atoms with Crippen LogP contribution in [0.2, 0.25) is 0 Å². The van der Waals surface area contributed by atoms with Gasteiger partial charge in [-0.3, -0.25) is 4.79 Å². The van der Waals surface area contributed by atoms with Crippen LogP contribution in [0.3, 0.4) is 0 Å². The van der Waals surface area contributed by atoms with Gasteiger partial charge in [-0.15, -0.1) is 0 Å². The first-order chi connectivity index (χ1) is 5.87. The minimum atomic E-state index is -4.34. The van der Waals surface area contributed by atoms with Crippen LogP contribution in [-0.4, -0.2) is 16.1 Å². The van der Waals surface area contributed by atoms with Crippen LogP contribution in [0.5, 0.6) is 0 Å². The second-order valence-electron chi connectivity index (χ2n) is 2.63. The molecule has 0 aliphatic carbocycles. The van der Waals surface area contributed by atoms with Crippen LogP contribution < -0.4 is 5.56 Å². The smallest absolute Gasteiger partial charge is 0.310 e. The van der Waals surface area contributed by atoms with Crippen LogP contribution in [0.15, 0.2) is 10.9 Å². The van der Waals surface area contributed by atoms with Gasteiger partial charge < -0.3 is 4.98 Å². The van der Waals surface area contributed by atoms with E-state index in [9.17, 15) is 18.0 Å². The third-order valence-corrected chi connectivity index (χ3v) is 1.29. The van der Waals surface area contributed by atoms with E-state index in [0.717, 1.165) is 6.07 Å². The molecule has 0 fully saturated rings. The van der Waals surface area contributed by atoms with Gasteiger partial charge in [0, 0.05) is 11.8 Å². The van der Waals surface area contributed by atoms with Crippen molar-refractivity contribution in [2.24, 2.45) is 0 Å². The Balaban J connectivity index is 2.96. The fraction of sp³-hybridized carbons (Fsp3) is 0.429. The summed E-state index contributed by atoms with van der Waals surface area (Å²) in [6.07, 6.45) is -5.55. The Hall–Kier alpha value is -1.33. The van der Waals surface area contributed by atoms with Gasteiger partial charge in [0.1, 0.15) is 12.2 Å². The highest BCUT2D eigenvalue weighted by atomic mass is 19.4. The van der Waals surface area contributed by atoms with E-state index in [1.165, 1.54) is 6.92 Å². The molecule has 0 unspecified atom stereocenters. The predicted octanol–water partition coefficient (Wildman–Crippen LogP) is 1.18. The molecule has 1 rings (SSSR count). The Kier molecular flexibility index (Phi) is 2.40. The molecule has 0 spiro atoms. The van der Waals surface area contributed by atoms with Gasteiger partial charge >= 0.3 is 6.18 Å². The van der Waals surface area contributed by atoms with Crippen molar-refractivity contribution in [1.29, 1.82) is 0 Å². The van der Waals surface area contributed by atoms with Crippen molar-refractivity contribution in [3.8, 4) is 0 Å². The lowest BCUT2D eigenvalue weighted by Crippen LogP contribution is -2.19. The highest BCUT2D eigenvalue weighted by Crippen LogP contribution is 2.18. The summed E-state index contributed by atoms with van der Waals surface area (Å²) in [5, 5.41) is 0. The van der Waals surface area contributed by atoms with E-state index >= 15 is 0 Å². The van der Waals surface area contributed by atoms with E-state index < -0.39 is 18.2 Å². The topological polar surface area (TPSA) is 45.8 Å². The SMILES string of the molecule is Cc1cc(=O)[nH]c(CC(F)(F)F)n1. The molecule has 13 heavy (non-hydrogen) atoms. The Bertz CT molecular complexity index is 355. The minimum absolute atomic E-state index is 0.281. The fourth-order valence-electron chi connectivity index (χ4n) is 0.915. The molecule has 0 aliphatic heterocycles.